The number of nitrogens with zero attached hydrogens (tertiary/aromatic N) is 6. The molecule has 1 saturated heterocycles. The van der Waals surface area contributed by atoms with Crippen LogP contribution in [0.2, 0.25) is 0 Å². The molecular weight excluding hydrogens is 352 g/mol. The van der Waals surface area contributed by atoms with Crippen LogP contribution in [0.5, 0.6) is 0 Å². The maximum atomic E-state index is 12.9. The number of pyridine rings is 1. The van der Waals surface area contributed by atoms with Gasteiger partial charge in [-0.3, -0.25) is 14.5 Å². The molecule has 0 spiro atoms. The van der Waals surface area contributed by atoms with Crippen LogP contribution in [0.4, 0.5) is 0 Å². The summed E-state index contributed by atoms with van der Waals surface area (Å²) in [5, 5.41) is 4.38. The smallest absolute Gasteiger partial charge is 0.274 e. The number of hydrogen-bond acceptors (Lipinski definition) is 4. The van der Waals surface area contributed by atoms with Crippen LogP contribution in [-0.2, 0) is 13.1 Å². The summed E-state index contributed by atoms with van der Waals surface area (Å²) in [5.74, 6) is 1.37. The number of aryl methyl sites for hydroxylation is 2. The van der Waals surface area contributed by atoms with Gasteiger partial charge in [0.05, 0.1) is 0 Å². The van der Waals surface area contributed by atoms with E-state index < -0.39 is 0 Å². The van der Waals surface area contributed by atoms with Gasteiger partial charge in [-0.25, -0.2) is 4.98 Å². The Morgan fingerprint density at radius 1 is 1.29 bits per heavy atom. The average molecular weight is 378 g/mol. The molecule has 3 aromatic rings. The number of aromatic nitrogens is 5. The fourth-order valence-electron chi connectivity index (χ4n) is 3.89. The summed E-state index contributed by atoms with van der Waals surface area (Å²) in [6, 6.07) is 5.78. The van der Waals surface area contributed by atoms with Crippen LogP contribution in [0.3, 0.4) is 0 Å². The minimum atomic E-state index is 0.0340. The first-order valence-corrected chi connectivity index (χ1v) is 9.91. The highest BCUT2D eigenvalue weighted by Gasteiger charge is 2.27. The maximum Gasteiger partial charge on any atom is 0.274 e. The zero-order chi connectivity index (χ0) is 19.5. The Balaban J connectivity index is 1.49. The van der Waals surface area contributed by atoms with Gasteiger partial charge in [-0.2, -0.15) is 5.10 Å². The van der Waals surface area contributed by atoms with Crippen molar-refractivity contribution >= 4 is 5.91 Å². The van der Waals surface area contributed by atoms with Crippen molar-refractivity contribution in [3.8, 4) is 11.4 Å². The third-order valence-electron chi connectivity index (χ3n) is 5.41. The van der Waals surface area contributed by atoms with Gasteiger partial charge in [0.25, 0.3) is 5.91 Å². The van der Waals surface area contributed by atoms with Gasteiger partial charge in [0.2, 0.25) is 0 Å². The molecule has 1 fully saturated rings. The molecule has 1 aliphatic heterocycles. The second kappa shape index (κ2) is 7.96. The molecule has 0 saturated carbocycles. The number of likely N-dealkylation sites (tertiary alicyclic amines) is 1. The lowest BCUT2D eigenvalue weighted by Crippen LogP contribution is -2.41. The molecule has 0 N–H and O–H groups in total. The van der Waals surface area contributed by atoms with Gasteiger partial charge in [-0.1, -0.05) is 0 Å². The molecule has 1 aliphatic rings. The Bertz CT molecular complexity index is 945. The van der Waals surface area contributed by atoms with Crippen molar-refractivity contribution in [1.29, 1.82) is 0 Å². The molecule has 4 heterocycles. The average Bonchev–Trinajstić information content (AvgIpc) is 3.36. The first-order chi connectivity index (χ1) is 13.7. The van der Waals surface area contributed by atoms with Gasteiger partial charge < -0.3 is 9.47 Å². The number of carbonyl (C=O) groups is 1. The highest BCUT2D eigenvalue weighted by molar-refractivity contribution is 5.92. The Labute approximate surface area is 165 Å². The van der Waals surface area contributed by atoms with Crippen LogP contribution in [0.1, 0.15) is 35.9 Å². The van der Waals surface area contributed by atoms with Crippen LogP contribution in [-0.4, -0.2) is 48.2 Å². The minimum Gasteiger partial charge on any atom is -0.337 e. The van der Waals surface area contributed by atoms with E-state index in [1.165, 1.54) is 0 Å². The minimum absolute atomic E-state index is 0.0340. The van der Waals surface area contributed by atoms with E-state index in [-0.39, 0.29) is 5.91 Å². The van der Waals surface area contributed by atoms with E-state index in [0.29, 0.717) is 11.6 Å². The monoisotopic (exact) mass is 378 g/mol. The van der Waals surface area contributed by atoms with E-state index in [1.54, 1.807) is 10.9 Å². The zero-order valence-electron chi connectivity index (χ0n) is 16.5. The van der Waals surface area contributed by atoms with Crippen LogP contribution < -0.4 is 0 Å². The predicted octanol–water partition coefficient (Wildman–Crippen LogP) is 3.02. The summed E-state index contributed by atoms with van der Waals surface area (Å²) in [7, 11) is 0. The second-order valence-electron chi connectivity index (χ2n) is 7.39. The topological polar surface area (TPSA) is 68.8 Å². The molecule has 0 bridgehead atoms. The molecule has 3 aromatic heterocycles. The lowest BCUT2D eigenvalue weighted by molar-refractivity contribution is 0.0655. The van der Waals surface area contributed by atoms with Crippen molar-refractivity contribution < 1.29 is 4.79 Å². The quantitative estimate of drug-likeness (QED) is 0.684. The first-order valence-electron chi connectivity index (χ1n) is 9.91. The molecular formula is C21H26N6O. The molecule has 1 amide bonds. The van der Waals surface area contributed by atoms with Crippen molar-refractivity contribution in [2.45, 2.75) is 39.8 Å². The van der Waals surface area contributed by atoms with Gasteiger partial charge in [0.1, 0.15) is 11.5 Å². The van der Waals surface area contributed by atoms with Gasteiger partial charge in [-0.05, 0) is 50.8 Å². The van der Waals surface area contributed by atoms with Gasteiger partial charge in [0, 0.05) is 62.2 Å². The van der Waals surface area contributed by atoms with E-state index in [2.05, 4.69) is 26.6 Å². The predicted molar refractivity (Wildman–Crippen MR) is 107 cm³/mol. The van der Waals surface area contributed by atoms with Crippen LogP contribution in [0, 0.1) is 12.8 Å². The maximum absolute atomic E-state index is 12.9. The van der Waals surface area contributed by atoms with E-state index in [4.69, 9.17) is 0 Å². The lowest BCUT2D eigenvalue weighted by Gasteiger charge is -2.33. The fourth-order valence-corrected chi connectivity index (χ4v) is 3.89. The molecule has 7 heteroatoms. The van der Waals surface area contributed by atoms with Gasteiger partial charge in [-0.15, -0.1) is 0 Å². The summed E-state index contributed by atoms with van der Waals surface area (Å²) in [4.78, 5) is 23.6. The summed E-state index contributed by atoms with van der Waals surface area (Å²) < 4.78 is 4.05. The molecule has 0 aromatic carbocycles. The van der Waals surface area contributed by atoms with Gasteiger partial charge in [0.15, 0.2) is 0 Å². The molecule has 28 heavy (non-hydrogen) atoms. The molecule has 1 atom stereocenters. The number of piperidine rings is 1. The van der Waals surface area contributed by atoms with E-state index in [0.717, 1.165) is 56.1 Å². The Hall–Kier alpha value is -2.96. The van der Waals surface area contributed by atoms with E-state index in [1.807, 2.05) is 48.6 Å². The van der Waals surface area contributed by atoms with Crippen molar-refractivity contribution in [2.75, 3.05) is 13.1 Å². The van der Waals surface area contributed by atoms with Gasteiger partial charge >= 0.3 is 0 Å². The van der Waals surface area contributed by atoms with E-state index >= 15 is 0 Å². The van der Waals surface area contributed by atoms with Crippen LogP contribution in [0.15, 0.2) is 43.0 Å². The summed E-state index contributed by atoms with van der Waals surface area (Å²) in [5.41, 5.74) is 2.69. The first kappa shape index (κ1) is 18.4. The van der Waals surface area contributed by atoms with Crippen molar-refractivity contribution in [2.24, 2.45) is 5.92 Å². The zero-order valence-corrected chi connectivity index (χ0v) is 16.5. The highest BCUT2D eigenvalue weighted by Crippen LogP contribution is 2.24. The summed E-state index contributed by atoms with van der Waals surface area (Å²) in [6.45, 7) is 7.27. The molecule has 1 unspecified atom stereocenters. The highest BCUT2D eigenvalue weighted by atomic mass is 16.2. The normalized spacial score (nSPS) is 17.1. The Kier molecular flexibility index (Phi) is 5.23. The van der Waals surface area contributed by atoms with Crippen molar-refractivity contribution in [3.63, 3.8) is 0 Å². The number of amides is 1. The number of rotatable bonds is 5. The lowest BCUT2D eigenvalue weighted by atomic mass is 9.97. The molecule has 7 nitrogen and oxygen atoms in total. The third kappa shape index (κ3) is 3.69. The number of carbonyl (C=O) groups excluding carboxylic acids is 1. The largest absolute Gasteiger partial charge is 0.337 e. The number of hydrogen-bond donors (Lipinski definition) is 0. The van der Waals surface area contributed by atoms with Crippen LogP contribution in [0.25, 0.3) is 11.4 Å². The number of imidazole rings is 1. The Morgan fingerprint density at radius 2 is 2.18 bits per heavy atom. The Morgan fingerprint density at radius 3 is 2.93 bits per heavy atom. The third-order valence-corrected chi connectivity index (χ3v) is 5.41. The molecule has 0 aliphatic carbocycles. The summed E-state index contributed by atoms with van der Waals surface area (Å²) in [6.07, 6.45) is 9.51. The summed E-state index contributed by atoms with van der Waals surface area (Å²) >= 11 is 0. The second-order valence-corrected chi connectivity index (χ2v) is 7.39. The SMILES string of the molecule is CCn1ccc(C(=O)N2CCCC(Cn3c(C)cnc3-c3cccnc3)C2)n1. The molecule has 4 rings (SSSR count). The standard InChI is InChI=1S/C21H26N6O/c1-3-26-11-8-19(24-26)21(28)25-10-5-6-17(14-25)15-27-16(2)12-23-20(27)18-7-4-9-22-13-18/h4,7-9,11-13,17H,3,5-6,10,14-15H2,1-2H3. The van der Waals surface area contributed by atoms with Crippen LogP contribution >= 0.6 is 0 Å². The van der Waals surface area contributed by atoms with Crippen molar-refractivity contribution in [1.82, 2.24) is 29.2 Å². The van der Waals surface area contributed by atoms with Crippen molar-refractivity contribution in [3.05, 3.63) is 54.4 Å². The van der Waals surface area contributed by atoms with E-state index in [9.17, 15) is 4.79 Å². The fraction of sp³-hybridized carbons (Fsp3) is 0.429. The molecule has 0 radical (unpaired) electrons. The molecule has 146 valence electrons.